The topological polar surface area (TPSA) is 15.3 Å². The van der Waals surface area contributed by atoms with Gasteiger partial charge in [-0.3, -0.25) is 0 Å². The van der Waals surface area contributed by atoms with Crippen LogP contribution < -0.4 is 5.32 Å². The van der Waals surface area contributed by atoms with Crippen LogP contribution in [0.3, 0.4) is 0 Å². The van der Waals surface area contributed by atoms with Crippen LogP contribution in [-0.2, 0) is 0 Å². The molecule has 62 valence electrons. The second-order valence-electron chi connectivity index (χ2n) is 2.89. The molecule has 0 spiro atoms. The van der Waals surface area contributed by atoms with Crippen molar-refractivity contribution in [2.75, 3.05) is 27.2 Å². The van der Waals surface area contributed by atoms with E-state index in [2.05, 4.69) is 17.3 Å². The molecular formula is C7H17ClN2. The lowest BCUT2D eigenvalue weighted by Gasteiger charge is -2.29. The van der Waals surface area contributed by atoms with Crippen LogP contribution in [0.25, 0.3) is 0 Å². The second-order valence-corrected chi connectivity index (χ2v) is 2.89. The molecule has 3 heteroatoms. The highest BCUT2D eigenvalue weighted by atomic mass is 35.5. The zero-order chi connectivity index (χ0) is 6.69. The van der Waals surface area contributed by atoms with Crippen LogP contribution in [0, 0.1) is 0 Å². The van der Waals surface area contributed by atoms with Crippen molar-refractivity contribution in [2.24, 2.45) is 0 Å². The van der Waals surface area contributed by atoms with E-state index >= 15 is 0 Å². The number of piperidine rings is 1. The first-order chi connectivity index (χ1) is 4.33. The fraction of sp³-hybridized carbons (Fsp3) is 1.00. The van der Waals surface area contributed by atoms with Crippen molar-refractivity contribution in [1.29, 1.82) is 0 Å². The third-order valence-electron chi connectivity index (χ3n) is 2.03. The van der Waals surface area contributed by atoms with Gasteiger partial charge in [0, 0.05) is 12.6 Å². The summed E-state index contributed by atoms with van der Waals surface area (Å²) in [5, 5.41) is 3.29. The molecule has 0 aliphatic carbocycles. The summed E-state index contributed by atoms with van der Waals surface area (Å²) in [5.41, 5.74) is 0. The Morgan fingerprint density at radius 3 is 2.60 bits per heavy atom. The van der Waals surface area contributed by atoms with Crippen LogP contribution >= 0.6 is 12.4 Å². The van der Waals surface area contributed by atoms with E-state index in [0.717, 1.165) is 6.04 Å². The first-order valence-electron chi connectivity index (χ1n) is 3.68. The summed E-state index contributed by atoms with van der Waals surface area (Å²) in [4.78, 5) is 2.38. The van der Waals surface area contributed by atoms with Crippen LogP contribution in [0.4, 0.5) is 0 Å². The molecule has 10 heavy (non-hydrogen) atoms. The SMILES string of the molecule is CN[C@H]1CCCN(C)C1.Cl. The molecular weight excluding hydrogens is 148 g/mol. The molecule has 1 atom stereocenters. The van der Waals surface area contributed by atoms with Gasteiger partial charge in [-0.05, 0) is 33.5 Å². The summed E-state index contributed by atoms with van der Waals surface area (Å²) in [6.07, 6.45) is 2.70. The zero-order valence-corrected chi connectivity index (χ0v) is 7.58. The molecule has 1 aliphatic rings. The molecule has 2 nitrogen and oxygen atoms in total. The van der Waals surface area contributed by atoms with Gasteiger partial charge in [-0.2, -0.15) is 0 Å². The molecule has 0 bridgehead atoms. The normalized spacial score (nSPS) is 27.6. The van der Waals surface area contributed by atoms with Gasteiger partial charge in [0.25, 0.3) is 0 Å². The van der Waals surface area contributed by atoms with Gasteiger partial charge in [0.1, 0.15) is 0 Å². The van der Waals surface area contributed by atoms with Gasteiger partial charge in [0.2, 0.25) is 0 Å². The molecule has 0 aromatic heterocycles. The number of nitrogens with one attached hydrogen (secondary N) is 1. The summed E-state index contributed by atoms with van der Waals surface area (Å²) >= 11 is 0. The van der Waals surface area contributed by atoms with Gasteiger partial charge in [0.05, 0.1) is 0 Å². The Hall–Kier alpha value is 0.210. The number of hydrogen-bond acceptors (Lipinski definition) is 2. The minimum Gasteiger partial charge on any atom is -0.316 e. The lowest BCUT2D eigenvalue weighted by molar-refractivity contribution is 0.234. The quantitative estimate of drug-likeness (QED) is 0.615. The van der Waals surface area contributed by atoms with E-state index < -0.39 is 0 Å². The van der Waals surface area contributed by atoms with E-state index in [9.17, 15) is 0 Å². The molecule has 0 aromatic carbocycles. The van der Waals surface area contributed by atoms with Crippen LogP contribution in [0.1, 0.15) is 12.8 Å². The Bertz CT molecular complexity index is 87.7. The fourth-order valence-corrected chi connectivity index (χ4v) is 1.40. The monoisotopic (exact) mass is 164 g/mol. The van der Waals surface area contributed by atoms with Crippen LogP contribution in [0.5, 0.6) is 0 Å². The van der Waals surface area contributed by atoms with Crippen LogP contribution in [0.2, 0.25) is 0 Å². The van der Waals surface area contributed by atoms with Gasteiger partial charge < -0.3 is 10.2 Å². The molecule has 1 N–H and O–H groups in total. The Balaban J connectivity index is 0.000000810. The summed E-state index contributed by atoms with van der Waals surface area (Å²) in [6, 6.07) is 0.740. The molecule has 0 radical (unpaired) electrons. The molecule has 1 fully saturated rings. The number of hydrogen-bond donors (Lipinski definition) is 1. The number of halogens is 1. The van der Waals surface area contributed by atoms with Gasteiger partial charge in [-0.25, -0.2) is 0 Å². The van der Waals surface area contributed by atoms with Gasteiger partial charge in [-0.1, -0.05) is 0 Å². The highest BCUT2D eigenvalue weighted by Gasteiger charge is 2.13. The van der Waals surface area contributed by atoms with Crippen LogP contribution in [-0.4, -0.2) is 38.1 Å². The van der Waals surface area contributed by atoms with E-state index in [1.807, 2.05) is 7.05 Å². The maximum Gasteiger partial charge on any atom is 0.0192 e. The van der Waals surface area contributed by atoms with E-state index in [0.29, 0.717) is 0 Å². The predicted octanol–water partition coefficient (Wildman–Crippen LogP) is 0.722. The van der Waals surface area contributed by atoms with Crippen molar-refractivity contribution < 1.29 is 0 Å². The largest absolute Gasteiger partial charge is 0.316 e. The number of rotatable bonds is 1. The number of likely N-dealkylation sites (tertiary alicyclic amines) is 1. The standard InChI is InChI=1S/C7H16N2.ClH/c1-8-7-4-3-5-9(2)6-7;/h7-8H,3-6H2,1-2H3;1H/t7-;/m0./s1. The minimum absolute atomic E-state index is 0. The molecule has 1 heterocycles. The lowest BCUT2D eigenvalue weighted by atomic mass is 10.1. The van der Waals surface area contributed by atoms with Crippen molar-refractivity contribution in [3.63, 3.8) is 0 Å². The number of nitrogens with zero attached hydrogens (tertiary/aromatic N) is 1. The van der Waals surface area contributed by atoms with Crippen molar-refractivity contribution >= 4 is 12.4 Å². The van der Waals surface area contributed by atoms with E-state index in [1.54, 1.807) is 0 Å². The summed E-state index contributed by atoms with van der Waals surface area (Å²) in [7, 11) is 4.23. The molecule has 0 unspecified atom stereocenters. The van der Waals surface area contributed by atoms with Crippen molar-refractivity contribution in [3.05, 3.63) is 0 Å². The molecule has 0 amide bonds. The molecule has 1 aliphatic heterocycles. The average Bonchev–Trinajstić information content (AvgIpc) is 1.88. The molecule has 1 rings (SSSR count). The Labute approximate surface area is 69.4 Å². The number of likely N-dealkylation sites (N-methyl/N-ethyl adjacent to an activating group) is 2. The summed E-state index contributed by atoms with van der Waals surface area (Å²) in [6.45, 7) is 2.49. The highest BCUT2D eigenvalue weighted by molar-refractivity contribution is 5.85. The predicted molar refractivity (Wildman–Crippen MR) is 46.8 cm³/mol. The third-order valence-corrected chi connectivity index (χ3v) is 2.03. The van der Waals surface area contributed by atoms with Crippen molar-refractivity contribution in [1.82, 2.24) is 10.2 Å². The molecule has 0 saturated carbocycles. The van der Waals surface area contributed by atoms with Gasteiger partial charge in [0.15, 0.2) is 0 Å². The maximum atomic E-state index is 3.29. The smallest absolute Gasteiger partial charge is 0.0192 e. The van der Waals surface area contributed by atoms with E-state index in [1.165, 1.54) is 25.9 Å². The van der Waals surface area contributed by atoms with E-state index in [-0.39, 0.29) is 12.4 Å². The van der Waals surface area contributed by atoms with Crippen LogP contribution in [0.15, 0.2) is 0 Å². The maximum absolute atomic E-state index is 3.29. The summed E-state index contributed by atoms with van der Waals surface area (Å²) in [5.74, 6) is 0. The first-order valence-corrected chi connectivity index (χ1v) is 3.68. The van der Waals surface area contributed by atoms with E-state index in [4.69, 9.17) is 0 Å². The molecule has 1 saturated heterocycles. The lowest BCUT2D eigenvalue weighted by Crippen LogP contribution is -2.42. The van der Waals surface area contributed by atoms with Crippen molar-refractivity contribution in [3.8, 4) is 0 Å². The average molecular weight is 165 g/mol. The third kappa shape index (κ3) is 2.86. The Morgan fingerprint density at radius 1 is 1.50 bits per heavy atom. The molecule has 0 aromatic rings. The highest BCUT2D eigenvalue weighted by Crippen LogP contribution is 2.06. The second kappa shape index (κ2) is 4.94. The van der Waals surface area contributed by atoms with Crippen molar-refractivity contribution in [2.45, 2.75) is 18.9 Å². The first kappa shape index (κ1) is 10.2. The Morgan fingerprint density at radius 2 is 2.20 bits per heavy atom. The van der Waals surface area contributed by atoms with Gasteiger partial charge >= 0.3 is 0 Å². The van der Waals surface area contributed by atoms with Gasteiger partial charge in [-0.15, -0.1) is 12.4 Å². The minimum atomic E-state index is 0. The Kier molecular flexibility index (Phi) is 5.04. The summed E-state index contributed by atoms with van der Waals surface area (Å²) < 4.78 is 0. The fourth-order valence-electron chi connectivity index (χ4n) is 1.40. The zero-order valence-electron chi connectivity index (χ0n) is 6.76.